The van der Waals surface area contributed by atoms with Crippen LogP contribution >= 0.6 is 0 Å². The first-order chi connectivity index (χ1) is 9.67. The van der Waals surface area contributed by atoms with Crippen LogP contribution in [0.1, 0.15) is 38.5 Å². The first-order valence-electron chi connectivity index (χ1n) is 7.70. The van der Waals surface area contributed by atoms with Crippen molar-refractivity contribution >= 4 is 5.97 Å². The second-order valence-electron chi connectivity index (χ2n) is 6.45. The molecule has 3 fully saturated rings. The van der Waals surface area contributed by atoms with Crippen molar-refractivity contribution in [1.29, 1.82) is 0 Å². The van der Waals surface area contributed by atoms with E-state index >= 15 is 0 Å². The van der Waals surface area contributed by atoms with Gasteiger partial charge in [0.15, 0.2) is 0 Å². The van der Waals surface area contributed by atoms with Crippen LogP contribution in [0.25, 0.3) is 0 Å². The molecule has 114 valence electrons. The third-order valence-electron chi connectivity index (χ3n) is 5.38. The zero-order valence-electron chi connectivity index (χ0n) is 11.9. The Morgan fingerprint density at radius 2 is 1.85 bits per heavy atom. The van der Waals surface area contributed by atoms with Gasteiger partial charge >= 0.3 is 5.97 Å². The maximum absolute atomic E-state index is 11.9. The van der Waals surface area contributed by atoms with Crippen molar-refractivity contribution in [2.24, 2.45) is 11.3 Å². The average Bonchev–Trinajstić information content (AvgIpc) is 2.48. The van der Waals surface area contributed by atoms with Gasteiger partial charge in [-0.1, -0.05) is 0 Å². The van der Waals surface area contributed by atoms with Crippen LogP contribution in [0.5, 0.6) is 0 Å². The molecule has 1 N–H and O–H groups in total. The molecule has 2 atom stereocenters. The molecule has 1 spiro atoms. The highest BCUT2D eigenvalue weighted by molar-refractivity contribution is 5.75. The van der Waals surface area contributed by atoms with E-state index < -0.39 is 11.4 Å². The van der Waals surface area contributed by atoms with E-state index in [-0.39, 0.29) is 11.5 Å². The van der Waals surface area contributed by atoms with E-state index in [2.05, 4.69) is 0 Å². The number of carboxylic acid groups (broad SMARTS) is 1. The third-order valence-corrected chi connectivity index (χ3v) is 5.38. The zero-order chi connectivity index (χ0) is 14.1. The van der Waals surface area contributed by atoms with Gasteiger partial charge in [0, 0.05) is 26.4 Å². The van der Waals surface area contributed by atoms with Crippen LogP contribution in [0.15, 0.2) is 0 Å². The molecular formula is C15H24O5. The van der Waals surface area contributed by atoms with Crippen LogP contribution in [0.3, 0.4) is 0 Å². The number of hydrogen-bond acceptors (Lipinski definition) is 4. The maximum atomic E-state index is 11.9. The van der Waals surface area contributed by atoms with Gasteiger partial charge in [-0.05, 0) is 44.4 Å². The minimum atomic E-state index is -0.701. The van der Waals surface area contributed by atoms with Crippen LogP contribution in [0.2, 0.25) is 0 Å². The summed E-state index contributed by atoms with van der Waals surface area (Å²) in [6.45, 7) is 3.17. The number of carboxylic acids is 1. The van der Waals surface area contributed by atoms with Crippen LogP contribution in [-0.2, 0) is 19.0 Å². The Labute approximate surface area is 119 Å². The highest BCUT2D eigenvalue weighted by Crippen LogP contribution is 2.47. The predicted molar refractivity (Wildman–Crippen MR) is 71.6 cm³/mol. The van der Waals surface area contributed by atoms with Crippen LogP contribution in [-0.4, -0.2) is 49.7 Å². The Kier molecular flexibility index (Phi) is 4.02. The first-order valence-corrected chi connectivity index (χ1v) is 7.70. The summed E-state index contributed by atoms with van der Waals surface area (Å²) in [7, 11) is 0. The molecule has 20 heavy (non-hydrogen) atoms. The topological polar surface area (TPSA) is 65.0 Å². The molecule has 0 radical (unpaired) electrons. The molecule has 0 aromatic carbocycles. The fraction of sp³-hybridized carbons (Fsp3) is 0.933. The van der Waals surface area contributed by atoms with Gasteiger partial charge in [0.2, 0.25) is 0 Å². The van der Waals surface area contributed by atoms with Crippen LogP contribution in [0, 0.1) is 11.3 Å². The van der Waals surface area contributed by atoms with Gasteiger partial charge in [0.1, 0.15) is 0 Å². The lowest BCUT2D eigenvalue weighted by atomic mass is 9.64. The summed E-state index contributed by atoms with van der Waals surface area (Å²) in [5.41, 5.74) is -0.853. The molecule has 3 rings (SSSR count). The number of carbonyl (C=O) groups is 1. The standard InChI is InChI=1S/C15H24O5/c16-13(17)15(3-1-6-19-11-15)12-2-7-20-14(10-12)4-8-18-9-5-14/h12H,1-11H2,(H,16,17). The monoisotopic (exact) mass is 284 g/mol. The Morgan fingerprint density at radius 1 is 1.05 bits per heavy atom. The second kappa shape index (κ2) is 5.62. The van der Waals surface area contributed by atoms with E-state index in [9.17, 15) is 9.90 Å². The van der Waals surface area contributed by atoms with Gasteiger partial charge in [-0.2, -0.15) is 0 Å². The fourth-order valence-corrected chi connectivity index (χ4v) is 4.07. The smallest absolute Gasteiger partial charge is 0.312 e. The zero-order valence-corrected chi connectivity index (χ0v) is 11.9. The quantitative estimate of drug-likeness (QED) is 0.838. The molecule has 3 aliphatic rings. The SMILES string of the molecule is O=C(O)C1(C2CCOC3(CCOCC3)C2)CCCOC1. The minimum absolute atomic E-state index is 0.152. The number of rotatable bonds is 2. The van der Waals surface area contributed by atoms with E-state index in [1.807, 2.05) is 0 Å². The van der Waals surface area contributed by atoms with Gasteiger partial charge in [-0.25, -0.2) is 0 Å². The molecule has 0 aliphatic carbocycles. The van der Waals surface area contributed by atoms with E-state index in [1.54, 1.807) is 0 Å². The largest absolute Gasteiger partial charge is 0.481 e. The summed E-state index contributed by atoms with van der Waals surface area (Å²) in [5, 5.41) is 9.78. The van der Waals surface area contributed by atoms with E-state index in [0.29, 0.717) is 19.8 Å². The Bertz CT molecular complexity index is 350. The van der Waals surface area contributed by atoms with E-state index in [1.165, 1.54) is 0 Å². The van der Waals surface area contributed by atoms with Gasteiger partial charge in [0.25, 0.3) is 0 Å². The fourth-order valence-electron chi connectivity index (χ4n) is 4.07. The average molecular weight is 284 g/mol. The molecule has 3 heterocycles. The Hall–Kier alpha value is -0.650. The van der Waals surface area contributed by atoms with Gasteiger partial charge in [0.05, 0.1) is 17.6 Å². The summed E-state index contributed by atoms with van der Waals surface area (Å²) in [6, 6.07) is 0. The molecule has 0 aromatic heterocycles. The molecule has 0 saturated carbocycles. The molecule has 0 aromatic rings. The molecule has 5 nitrogen and oxygen atoms in total. The summed E-state index contributed by atoms with van der Waals surface area (Å²) in [5.74, 6) is -0.529. The van der Waals surface area contributed by atoms with Crippen LogP contribution in [0.4, 0.5) is 0 Å². The van der Waals surface area contributed by atoms with Crippen molar-refractivity contribution < 1.29 is 24.1 Å². The predicted octanol–water partition coefficient (Wildman–Crippen LogP) is 1.84. The van der Waals surface area contributed by atoms with E-state index in [0.717, 1.165) is 51.7 Å². The summed E-state index contributed by atoms with van der Waals surface area (Å²) in [6.07, 6.45) is 5.03. The molecule has 5 heteroatoms. The highest BCUT2D eigenvalue weighted by atomic mass is 16.5. The van der Waals surface area contributed by atoms with Crippen molar-refractivity contribution in [3.63, 3.8) is 0 Å². The minimum Gasteiger partial charge on any atom is -0.481 e. The Balaban J connectivity index is 1.78. The lowest BCUT2D eigenvalue weighted by molar-refractivity contribution is -0.189. The lowest BCUT2D eigenvalue weighted by Gasteiger charge is -2.49. The number of aliphatic carboxylic acids is 1. The number of ether oxygens (including phenoxy) is 3. The summed E-state index contributed by atoms with van der Waals surface area (Å²) >= 11 is 0. The van der Waals surface area contributed by atoms with Gasteiger partial charge in [-0.15, -0.1) is 0 Å². The normalized spacial score (nSPS) is 37.7. The summed E-state index contributed by atoms with van der Waals surface area (Å²) in [4.78, 5) is 11.9. The lowest BCUT2D eigenvalue weighted by Crippen LogP contribution is -2.53. The molecule has 3 aliphatic heterocycles. The molecule has 0 amide bonds. The van der Waals surface area contributed by atoms with Crippen LogP contribution < -0.4 is 0 Å². The van der Waals surface area contributed by atoms with Crippen molar-refractivity contribution in [2.75, 3.05) is 33.0 Å². The molecule has 2 unspecified atom stereocenters. The molecule has 0 bridgehead atoms. The summed E-state index contributed by atoms with van der Waals surface area (Å²) < 4.78 is 17.0. The Morgan fingerprint density at radius 3 is 2.50 bits per heavy atom. The van der Waals surface area contributed by atoms with Crippen molar-refractivity contribution in [3.8, 4) is 0 Å². The van der Waals surface area contributed by atoms with E-state index in [4.69, 9.17) is 14.2 Å². The molecular weight excluding hydrogens is 260 g/mol. The van der Waals surface area contributed by atoms with Gasteiger partial charge < -0.3 is 19.3 Å². The van der Waals surface area contributed by atoms with Crippen molar-refractivity contribution in [1.82, 2.24) is 0 Å². The maximum Gasteiger partial charge on any atom is 0.312 e. The number of hydrogen-bond donors (Lipinski definition) is 1. The molecule has 3 saturated heterocycles. The van der Waals surface area contributed by atoms with Gasteiger partial charge in [-0.3, -0.25) is 4.79 Å². The first kappa shape index (κ1) is 14.3. The van der Waals surface area contributed by atoms with Crippen molar-refractivity contribution in [2.45, 2.75) is 44.1 Å². The second-order valence-corrected chi connectivity index (χ2v) is 6.45. The highest BCUT2D eigenvalue weighted by Gasteiger charge is 2.52. The third kappa shape index (κ3) is 2.47. The van der Waals surface area contributed by atoms with Crippen molar-refractivity contribution in [3.05, 3.63) is 0 Å².